The van der Waals surface area contributed by atoms with Gasteiger partial charge in [-0.1, -0.05) is 12.1 Å². The lowest BCUT2D eigenvalue weighted by atomic mass is 9.99. The van der Waals surface area contributed by atoms with E-state index in [0.717, 1.165) is 44.8 Å². The van der Waals surface area contributed by atoms with Gasteiger partial charge in [0.2, 0.25) is 5.71 Å². The summed E-state index contributed by atoms with van der Waals surface area (Å²) in [6.07, 6.45) is 1.64. The van der Waals surface area contributed by atoms with Crippen molar-refractivity contribution in [3.05, 3.63) is 79.1 Å². The van der Waals surface area contributed by atoms with Crippen LogP contribution in [0.15, 0.2) is 83.5 Å². The van der Waals surface area contributed by atoms with Gasteiger partial charge in [-0.25, -0.2) is 14.5 Å². The van der Waals surface area contributed by atoms with E-state index in [1.165, 1.54) is 0 Å². The summed E-state index contributed by atoms with van der Waals surface area (Å²) >= 11 is 0. The predicted octanol–water partition coefficient (Wildman–Crippen LogP) is 5.95. The third-order valence-electron chi connectivity index (χ3n) is 6.40. The predicted molar refractivity (Wildman–Crippen MR) is 144 cm³/mol. The second kappa shape index (κ2) is 8.98. The fourth-order valence-corrected chi connectivity index (χ4v) is 4.41. The number of fused-ring (bicyclic) bond motifs is 3. The normalized spacial score (nSPS) is 11.2. The van der Waals surface area contributed by atoms with E-state index in [9.17, 15) is 0 Å². The fraction of sp³-hybridized carbons (Fsp3) is 0.138. The number of methoxy groups -OCH3 is 2. The minimum Gasteiger partial charge on any atom is -0.497 e. The van der Waals surface area contributed by atoms with E-state index in [2.05, 4.69) is 22.0 Å². The first-order valence-electron chi connectivity index (χ1n) is 11.8. The Hall–Kier alpha value is -4.85. The van der Waals surface area contributed by atoms with Crippen LogP contribution in [-0.2, 0) is 0 Å². The molecule has 6 aromatic rings. The minimum absolute atomic E-state index is 0.492. The zero-order valence-corrected chi connectivity index (χ0v) is 21.0. The molecule has 0 spiro atoms. The average Bonchev–Trinajstić information content (AvgIpc) is 3.55. The van der Waals surface area contributed by atoms with E-state index in [-0.39, 0.29) is 0 Å². The van der Waals surface area contributed by atoms with Crippen LogP contribution in [0.3, 0.4) is 0 Å². The van der Waals surface area contributed by atoms with Gasteiger partial charge in [-0.2, -0.15) is 0 Å². The number of nitrogens with zero attached hydrogens (tertiary/aromatic N) is 5. The Morgan fingerprint density at radius 2 is 1.35 bits per heavy atom. The molecule has 3 aromatic heterocycles. The standard InChI is InChI=1S/C29H25N5O3/c1-33(2)21-11-5-20(6-12-21)27-31-28-25-24(18-7-13-22(35-3)14-8-18)26(19-9-15-23(36-4)16-10-19)37-29(25)30-17-34(28)32-27/h5-17H,1-4H3. The number of hydrogen-bond donors (Lipinski definition) is 0. The summed E-state index contributed by atoms with van der Waals surface area (Å²) < 4.78 is 18.8. The molecule has 184 valence electrons. The first kappa shape index (κ1) is 22.6. The van der Waals surface area contributed by atoms with Crippen molar-refractivity contribution in [2.45, 2.75) is 0 Å². The van der Waals surface area contributed by atoms with Gasteiger partial charge in [0.25, 0.3) is 0 Å². The van der Waals surface area contributed by atoms with Gasteiger partial charge in [-0.3, -0.25) is 0 Å². The van der Waals surface area contributed by atoms with Crippen molar-refractivity contribution < 1.29 is 13.9 Å². The average molecular weight is 492 g/mol. The van der Waals surface area contributed by atoms with Crippen molar-refractivity contribution >= 4 is 22.4 Å². The molecule has 0 N–H and O–H groups in total. The summed E-state index contributed by atoms with van der Waals surface area (Å²) in [5.74, 6) is 2.86. The van der Waals surface area contributed by atoms with Crippen molar-refractivity contribution in [2.75, 3.05) is 33.2 Å². The molecule has 0 saturated heterocycles. The van der Waals surface area contributed by atoms with Crippen LogP contribution in [0.2, 0.25) is 0 Å². The SMILES string of the molecule is COc1ccc(-c2oc3ncn4nc(-c5ccc(N(C)C)cc5)nc4c3c2-c2ccc(OC)cc2)cc1. The van der Waals surface area contributed by atoms with Gasteiger partial charge in [0, 0.05) is 36.5 Å². The lowest BCUT2D eigenvalue weighted by Crippen LogP contribution is -2.07. The molecule has 3 heterocycles. The van der Waals surface area contributed by atoms with Crippen LogP contribution in [0.4, 0.5) is 5.69 Å². The van der Waals surface area contributed by atoms with E-state index < -0.39 is 0 Å². The summed E-state index contributed by atoms with van der Waals surface area (Å²) in [5, 5.41) is 5.52. The molecule has 37 heavy (non-hydrogen) atoms. The Morgan fingerprint density at radius 3 is 1.95 bits per heavy atom. The zero-order valence-electron chi connectivity index (χ0n) is 21.0. The van der Waals surface area contributed by atoms with E-state index in [0.29, 0.717) is 22.9 Å². The van der Waals surface area contributed by atoms with Crippen molar-refractivity contribution in [1.82, 2.24) is 19.6 Å². The number of aromatic nitrogens is 4. The van der Waals surface area contributed by atoms with Crippen LogP contribution in [0, 0.1) is 0 Å². The van der Waals surface area contributed by atoms with Crippen LogP contribution in [0.1, 0.15) is 0 Å². The molecule has 0 fully saturated rings. The molecule has 0 aliphatic carbocycles. The van der Waals surface area contributed by atoms with Crippen LogP contribution in [0.5, 0.6) is 11.5 Å². The first-order valence-corrected chi connectivity index (χ1v) is 11.8. The van der Waals surface area contributed by atoms with E-state index in [4.69, 9.17) is 24.0 Å². The summed E-state index contributed by atoms with van der Waals surface area (Å²) in [5.41, 5.74) is 5.95. The van der Waals surface area contributed by atoms with E-state index >= 15 is 0 Å². The second-order valence-corrected chi connectivity index (χ2v) is 8.83. The molecule has 6 rings (SSSR count). The highest BCUT2D eigenvalue weighted by atomic mass is 16.5. The summed E-state index contributed by atoms with van der Waals surface area (Å²) in [4.78, 5) is 11.6. The number of hydrogen-bond acceptors (Lipinski definition) is 7. The molecule has 3 aromatic carbocycles. The number of anilines is 1. The molecule has 0 radical (unpaired) electrons. The Bertz CT molecular complexity index is 1700. The summed E-state index contributed by atoms with van der Waals surface area (Å²) in [7, 11) is 7.33. The molecule has 0 saturated carbocycles. The maximum Gasteiger partial charge on any atom is 0.232 e. The quantitative estimate of drug-likeness (QED) is 0.285. The summed E-state index contributed by atoms with van der Waals surface area (Å²) in [6, 6.07) is 23.8. The van der Waals surface area contributed by atoms with Gasteiger partial charge in [0.15, 0.2) is 11.5 Å². The van der Waals surface area contributed by atoms with E-state index in [1.54, 1.807) is 25.1 Å². The van der Waals surface area contributed by atoms with Crippen LogP contribution < -0.4 is 14.4 Å². The van der Waals surface area contributed by atoms with Crippen molar-refractivity contribution in [3.63, 3.8) is 0 Å². The highest BCUT2D eigenvalue weighted by molar-refractivity contribution is 6.07. The largest absolute Gasteiger partial charge is 0.497 e. The topological polar surface area (TPSA) is 77.9 Å². The minimum atomic E-state index is 0.492. The Kier molecular flexibility index (Phi) is 5.49. The molecule has 8 nitrogen and oxygen atoms in total. The third-order valence-corrected chi connectivity index (χ3v) is 6.40. The molecule has 8 heteroatoms. The van der Waals surface area contributed by atoms with Gasteiger partial charge in [0.05, 0.1) is 19.6 Å². The molecule has 0 unspecified atom stereocenters. The van der Waals surface area contributed by atoms with Crippen LogP contribution >= 0.6 is 0 Å². The highest BCUT2D eigenvalue weighted by Gasteiger charge is 2.23. The maximum atomic E-state index is 6.37. The van der Waals surface area contributed by atoms with Gasteiger partial charge in [-0.05, 0) is 66.2 Å². The number of ether oxygens (including phenoxy) is 2. The molecular formula is C29H25N5O3. The lowest BCUT2D eigenvalue weighted by Gasteiger charge is -2.11. The lowest BCUT2D eigenvalue weighted by molar-refractivity contribution is 0.414. The van der Waals surface area contributed by atoms with Crippen LogP contribution in [0.25, 0.3) is 50.6 Å². The monoisotopic (exact) mass is 491 g/mol. The van der Waals surface area contributed by atoms with Gasteiger partial charge < -0.3 is 18.8 Å². The van der Waals surface area contributed by atoms with Crippen LogP contribution in [-0.4, -0.2) is 47.9 Å². The number of benzene rings is 3. The maximum absolute atomic E-state index is 6.37. The van der Waals surface area contributed by atoms with Gasteiger partial charge in [0.1, 0.15) is 23.6 Å². The van der Waals surface area contributed by atoms with Gasteiger partial charge in [-0.15, -0.1) is 5.10 Å². The molecular weight excluding hydrogens is 466 g/mol. The molecule has 0 aliphatic rings. The van der Waals surface area contributed by atoms with Crippen molar-refractivity contribution in [3.8, 4) is 45.3 Å². The highest BCUT2D eigenvalue weighted by Crippen LogP contribution is 2.42. The molecule has 0 bridgehead atoms. The summed E-state index contributed by atoms with van der Waals surface area (Å²) in [6.45, 7) is 0. The Morgan fingerprint density at radius 1 is 0.757 bits per heavy atom. The second-order valence-electron chi connectivity index (χ2n) is 8.83. The number of rotatable bonds is 6. The Balaban J connectivity index is 1.58. The molecule has 0 atom stereocenters. The fourth-order valence-electron chi connectivity index (χ4n) is 4.41. The first-order chi connectivity index (χ1) is 18.1. The third kappa shape index (κ3) is 3.92. The Labute approximate surface area is 213 Å². The zero-order chi connectivity index (χ0) is 25.5. The van der Waals surface area contributed by atoms with Gasteiger partial charge >= 0.3 is 0 Å². The smallest absolute Gasteiger partial charge is 0.232 e. The molecule has 0 aliphatic heterocycles. The molecule has 0 amide bonds. The van der Waals surface area contributed by atoms with Crippen molar-refractivity contribution in [2.24, 2.45) is 0 Å². The van der Waals surface area contributed by atoms with E-state index in [1.807, 2.05) is 74.8 Å². The van der Waals surface area contributed by atoms with Crippen molar-refractivity contribution in [1.29, 1.82) is 0 Å². The number of furan rings is 1.